The van der Waals surface area contributed by atoms with Crippen LogP contribution >= 0.6 is 0 Å². The molecule has 11 heavy (non-hydrogen) atoms. The van der Waals surface area contributed by atoms with Crippen LogP contribution in [0.3, 0.4) is 0 Å². The fourth-order valence-electron chi connectivity index (χ4n) is 0.803. The Kier molecular flexibility index (Phi) is 2.73. The predicted octanol–water partition coefficient (Wildman–Crippen LogP) is 2.76. The van der Waals surface area contributed by atoms with Gasteiger partial charge in [-0.05, 0) is 26.0 Å². The second-order valence-electron chi connectivity index (χ2n) is 2.62. The van der Waals surface area contributed by atoms with Crippen LogP contribution in [0, 0.1) is 13.8 Å². The van der Waals surface area contributed by atoms with Gasteiger partial charge >= 0.3 is 0 Å². The summed E-state index contributed by atoms with van der Waals surface area (Å²) in [6.45, 7) is 4.12. The highest BCUT2D eigenvalue weighted by Crippen LogP contribution is 1.92. The Morgan fingerprint density at radius 2 is 1.82 bits per heavy atom. The lowest BCUT2D eigenvalue weighted by atomic mass is 10.3. The monoisotopic (exact) mass is 147 g/mol. The number of aryl methyl sites for hydroxylation is 2. The Labute approximate surface area is 67.4 Å². The van der Waals surface area contributed by atoms with Crippen LogP contribution in [0.2, 0.25) is 0 Å². The van der Waals surface area contributed by atoms with Crippen molar-refractivity contribution in [2.45, 2.75) is 13.8 Å². The van der Waals surface area contributed by atoms with Crippen LogP contribution < -0.4 is 0 Å². The fourth-order valence-corrected chi connectivity index (χ4v) is 0.803. The molecule has 58 valence electrons. The average molecular weight is 147 g/mol. The highest BCUT2D eigenvalue weighted by Gasteiger charge is 1.75. The topological polar surface area (TPSA) is 15.8 Å². The SMILES string of the molecule is Cc1cccc[nH]c(C)cc1. The summed E-state index contributed by atoms with van der Waals surface area (Å²) in [6.07, 6.45) is 1.93. The number of H-pyrrole nitrogens is 1. The number of hydrogen-bond acceptors (Lipinski definition) is 0. The van der Waals surface area contributed by atoms with E-state index in [-0.39, 0.29) is 0 Å². The smallest absolute Gasteiger partial charge is 0.0115 e. The first-order valence-corrected chi connectivity index (χ1v) is 3.74. The zero-order valence-corrected chi connectivity index (χ0v) is 6.96. The fraction of sp³-hybridized carbons (Fsp3) is 0.200. The van der Waals surface area contributed by atoms with Gasteiger partial charge in [-0.25, -0.2) is 0 Å². The van der Waals surface area contributed by atoms with Crippen LogP contribution in [0.15, 0.2) is 36.5 Å². The molecule has 0 aliphatic carbocycles. The summed E-state index contributed by atoms with van der Waals surface area (Å²) in [5.41, 5.74) is 2.42. The number of rotatable bonds is 0. The molecule has 1 N–H and O–H groups in total. The standard InChI is InChI=1S/C10H13N/c1-9-5-3-4-8-11-10(2)7-6-9/h3-8,11H,1-2H3. The van der Waals surface area contributed by atoms with E-state index in [1.807, 2.05) is 25.3 Å². The van der Waals surface area contributed by atoms with Gasteiger partial charge < -0.3 is 4.98 Å². The van der Waals surface area contributed by atoms with Crippen molar-refractivity contribution in [2.75, 3.05) is 0 Å². The van der Waals surface area contributed by atoms with E-state index in [0.29, 0.717) is 0 Å². The van der Waals surface area contributed by atoms with Crippen molar-refractivity contribution in [2.24, 2.45) is 0 Å². The molecule has 1 nitrogen and oxygen atoms in total. The van der Waals surface area contributed by atoms with Gasteiger partial charge in [0.1, 0.15) is 0 Å². The molecule has 0 aliphatic rings. The summed E-state index contributed by atoms with van der Waals surface area (Å²) in [5.74, 6) is 0. The predicted molar refractivity (Wildman–Crippen MR) is 47.9 cm³/mol. The Morgan fingerprint density at radius 1 is 1.00 bits per heavy atom. The van der Waals surface area contributed by atoms with E-state index < -0.39 is 0 Å². The van der Waals surface area contributed by atoms with Crippen LogP contribution in [0.1, 0.15) is 11.3 Å². The minimum atomic E-state index is 1.16. The molecule has 0 aromatic carbocycles. The molecule has 0 aliphatic heterocycles. The summed E-state index contributed by atoms with van der Waals surface area (Å²) in [5, 5.41) is 0. The van der Waals surface area contributed by atoms with E-state index in [2.05, 4.69) is 30.1 Å². The van der Waals surface area contributed by atoms with E-state index in [4.69, 9.17) is 0 Å². The zero-order valence-electron chi connectivity index (χ0n) is 6.96. The van der Waals surface area contributed by atoms with Gasteiger partial charge in [-0.1, -0.05) is 23.8 Å². The average Bonchev–Trinajstić information content (AvgIpc) is 2.06. The molecular weight excluding hydrogens is 134 g/mol. The molecule has 0 fully saturated rings. The van der Waals surface area contributed by atoms with Crippen molar-refractivity contribution < 1.29 is 0 Å². The number of nitrogens with one attached hydrogen (secondary N) is 1. The summed E-state index contributed by atoms with van der Waals surface area (Å²) in [7, 11) is 0. The summed E-state index contributed by atoms with van der Waals surface area (Å²) >= 11 is 0. The summed E-state index contributed by atoms with van der Waals surface area (Å²) < 4.78 is 0. The molecule has 1 aromatic rings. The summed E-state index contributed by atoms with van der Waals surface area (Å²) in [6, 6.07) is 10.2. The summed E-state index contributed by atoms with van der Waals surface area (Å²) in [4.78, 5) is 3.13. The Bertz CT molecular complexity index is 245. The molecular formula is C10H13N. The van der Waals surface area contributed by atoms with Gasteiger partial charge in [-0.3, -0.25) is 0 Å². The van der Waals surface area contributed by atoms with E-state index in [1.54, 1.807) is 0 Å². The van der Waals surface area contributed by atoms with Crippen molar-refractivity contribution in [3.8, 4) is 0 Å². The van der Waals surface area contributed by atoms with Gasteiger partial charge in [-0.15, -0.1) is 0 Å². The van der Waals surface area contributed by atoms with Crippen molar-refractivity contribution in [3.05, 3.63) is 47.8 Å². The molecule has 1 heteroatoms. The number of aromatic amines is 1. The normalized spacial score (nSPS) is 8.91. The third-order valence-corrected chi connectivity index (χ3v) is 1.47. The Hall–Kier alpha value is -1.24. The maximum atomic E-state index is 3.13. The van der Waals surface area contributed by atoms with Crippen LogP contribution in [0.5, 0.6) is 0 Å². The minimum absolute atomic E-state index is 1.16. The van der Waals surface area contributed by atoms with Crippen LogP contribution in [-0.4, -0.2) is 4.98 Å². The Balaban J connectivity index is 3.23. The molecule has 1 rings (SSSR count). The van der Waals surface area contributed by atoms with Crippen molar-refractivity contribution in [1.29, 1.82) is 0 Å². The lowest BCUT2D eigenvalue weighted by Crippen LogP contribution is -1.69. The molecule has 0 saturated carbocycles. The van der Waals surface area contributed by atoms with Gasteiger partial charge in [0.05, 0.1) is 0 Å². The van der Waals surface area contributed by atoms with E-state index in [9.17, 15) is 0 Å². The molecule has 0 radical (unpaired) electrons. The lowest BCUT2D eigenvalue weighted by molar-refractivity contribution is 1.22. The molecule has 0 unspecified atom stereocenters. The van der Waals surface area contributed by atoms with Gasteiger partial charge in [0.25, 0.3) is 0 Å². The first kappa shape index (κ1) is 7.86. The number of hydrogen-bond donors (Lipinski definition) is 1. The van der Waals surface area contributed by atoms with Gasteiger partial charge in [0.2, 0.25) is 0 Å². The van der Waals surface area contributed by atoms with E-state index in [0.717, 1.165) is 5.69 Å². The molecule has 0 amide bonds. The molecule has 0 bridgehead atoms. The Morgan fingerprint density at radius 3 is 2.64 bits per heavy atom. The maximum absolute atomic E-state index is 3.13. The van der Waals surface area contributed by atoms with E-state index in [1.165, 1.54) is 5.56 Å². The molecule has 0 atom stereocenters. The second-order valence-corrected chi connectivity index (χ2v) is 2.62. The largest absolute Gasteiger partial charge is 0.365 e. The molecule has 0 saturated heterocycles. The lowest BCUT2D eigenvalue weighted by Gasteiger charge is -1.82. The highest BCUT2D eigenvalue weighted by molar-refractivity contribution is 5.10. The van der Waals surface area contributed by atoms with Gasteiger partial charge in [0, 0.05) is 11.9 Å². The van der Waals surface area contributed by atoms with Crippen LogP contribution in [-0.2, 0) is 0 Å². The zero-order chi connectivity index (χ0) is 8.10. The van der Waals surface area contributed by atoms with Crippen molar-refractivity contribution in [3.63, 3.8) is 0 Å². The molecule has 0 spiro atoms. The van der Waals surface area contributed by atoms with E-state index >= 15 is 0 Å². The van der Waals surface area contributed by atoms with Gasteiger partial charge in [-0.2, -0.15) is 0 Å². The van der Waals surface area contributed by atoms with Gasteiger partial charge in [0.15, 0.2) is 0 Å². The third kappa shape index (κ3) is 2.89. The number of aromatic nitrogens is 1. The third-order valence-electron chi connectivity index (χ3n) is 1.47. The minimum Gasteiger partial charge on any atom is -0.365 e. The van der Waals surface area contributed by atoms with Crippen molar-refractivity contribution >= 4 is 0 Å². The van der Waals surface area contributed by atoms with Crippen LogP contribution in [0.25, 0.3) is 0 Å². The quantitative estimate of drug-likeness (QED) is 0.580. The second kappa shape index (κ2) is 3.81. The first-order valence-electron chi connectivity index (χ1n) is 3.74. The first-order chi connectivity index (χ1) is 5.29. The van der Waals surface area contributed by atoms with Crippen LogP contribution in [0.4, 0.5) is 0 Å². The molecule has 1 heterocycles. The van der Waals surface area contributed by atoms with Crippen molar-refractivity contribution in [1.82, 2.24) is 4.98 Å². The highest BCUT2D eigenvalue weighted by atomic mass is 14.6. The molecule has 1 aromatic heterocycles. The maximum Gasteiger partial charge on any atom is 0.0115 e.